The molecule has 0 radical (unpaired) electrons. The molecule has 100 valence electrons. The minimum Gasteiger partial charge on any atom is -0.478 e. The highest BCUT2D eigenvalue weighted by molar-refractivity contribution is 5.88. The first kappa shape index (κ1) is 13.2. The predicted molar refractivity (Wildman–Crippen MR) is 73.6 cm³/mol. The quantitative estimate of drug-likeness (QED) is 0.895. The summed E-state index contributed by atoms with van der Waals surface area (Å²) in [5.41, 5.74) is 2.48. The summed E-state index contributed by atoms with van der Waals surface area (Å²) >= 11 is 0. The third-order valence-electron chi connectivity index (χ3n) is 3.15. The van der Waals surface area contributed by atoms with Crippen molar-refractivity contribution in [2.75, 3.05) is 11.4 Å². The molecule has 0 aliphatic carbocycles. The number of rotatable bonds is 5. The molecule has 1 aromatic carbocycles. The van der Waals surface area contributed by atoms with Gasteiger partial charge in [-0.2, -0.15) is 0 Å². The Kier molecular flexibility index (Phi) is 3.90. The standard InChI is InChI=1S/C15H17NO3/c1-3-16(13-7-5-4-6-11(13)2)10-14-12(15(17)18)8-9-19-14/h4-9H,3,10H2,1-2H3,(H,17,18). The van der Waals surface area contributed by atoms with Crippen LogP contribution in [0, 0.1) is 6.92 Å². The Hall–Kier alpha value is -2.23. The average Bonchev–Trinajstić information content (AvgIpc) is 2.85. The summed E-state index contributed by atoms with van der Waals surface area (Å²) in [7, 11) is 0. The minimum absolute atomic E-state index is 0.229. The second-order valence-electron chi connectivity index (χ2n) is 4.36. The van der Waals surface area contributed by atoms with Gasteiger partial charge in [-0.3, -0.25) is 0 Å². The molecule has 0 fully saturated rings. The van der Waals surface area contributed by atoms with Gasteiger partial charge in [0.2, 0.25) is 0 Å². The van der Waals surface area contributed by atoms with Crippen LogP contribution in [0.2, 0.25) is 0 Å². The van der Waals surface area contributed by atoms with Gasteiger partial charge in [-0.15, -0.1) is 0 Å². The molecule has 0 aliphatic heterocycles. The number of anilines is 1. The molecule has 19 heavy (non-hydrogen) atoms. The van der Waals surface area contributed by atoms with Gasteiger partial charge >= 0.3 is 5.97 Å². The van der Waals surface area contributed by atoms with Crippen molar-refractivity contribution in [3.05, 3.63) is 53.5 Å². The van der Waals surface area contributed by atoms with E-state index in [-0.39, 0.29) is 5.56 Å². The molecule has 0 unspecified atom stereocenters. The number of para-hydroxylation sites is 1. The van der Waals surface area contributed by atoms with Gasteiger partial charge in [0, 0.05) is 12.2 Å². The van der Waals surface area contributed by atoms with E-state index in [1.54, 1.807) is 0 Å². The van der Waals surface area contributed by atoms with Gasteiger partial charge in [0.05, 0.1) is 12.8 Å². The van der Waals surface area contributed by atoms with E-state index in [1.165, 1.54) is 12.3 Å². The molecular formula is C15H17NO3. The molecule has 4 heteroatoms. The number of hydrogen-bond acceptors (Lipinski definition) is 3. The minimum atomic E-state index is -0.954. The van der Waals surface area contributed by atoms with Crippen LogP contribution in [0.3, 0.4) is 0 Å². The molecule has 1 aromatic heterocycles. The number of nitrogens with zero attached hydrogens (tertiary/aromatic N) is 1. The SMILES string of the molecule is CCN(Cc1occc1C(=O)O)c1ccccc1C. The van der Waals surface area contributed by atoms with Crippen molar-refractivity contribution < 1.29 is 14.3 Å². The van der Waals surface area contributed by atoms with Gasteiger partial charge in [0.1, 0.15) is 11.3 Å². The Balaban J connectivity index is 2.27. The van der Waals surface area contributed by atoms with E-state index in [4.69, 9.17) is 9.52 Å². The number of carboxylic acid groups (broad SMARTS) is 1. The fraction of sp³-hybridized carbons (Fsp3) is 0.267. The van der Waals surface area contributed by atoms with Crippen molar-refractivity contribution in [2.45, 2.75) is 20.4 Å². The monoisotopic (exact) mass is 259 g/mol. The zero-order valence-electron chi connectivity index (χ0n) is 11.1. The fourth-order valence-electron chi connectivity index (χ4n) is 2.11. The number of aryl methyl sites for hydroxylation is 1. The average molecular weight is 259 g/mol. The second kappa shape index (κ2) is 5.61. The van der Waals surface area contributed by atoms with Crippen LogP contribution in [0.4, 0.5) is 5.69 Å². The zero-order chi connectivity index (χ0) is 13.8. The van der Waals surface area contributed by atoms with Gasteiger partial charge in [0.15, 0.2) is 0 Å². The fourth-order valence-corrected chi connectivity index (χ4v) is 2.11. The van der Waals surface area contributed by atoms with Crippen molar-refractivity contribution in [2.24, 2.45) is 0 Å². The smallest absolute Gasteiger partial charge is 0.339 e. The summed E-state index contributed by atoms with van der Waals surface area (Å²) in [4.78, 5) is 13.2. The molecule has 0 bridgehead atoms. The van der Waals surface area contributed by atoms with Crippen molar-refractivity contribution in [3.63, 3.8) is 0 Å². The first-order chi connectivity index (χ1) is 9.13. The van der Waals surface area contributed by atoms with Crippen LogP contribution in [0.15, 0.2) is 41.0 Å². The summed E-state index contributed by atoms with van der Waals surface area (Å²) in [5, 5.41) is 9.09. The maximum absolute atomic E-state index is 11.1. The molecule has 1 N–H and O–H groups in total. The highest BCUT2D eigenvalue weighted by atomic mass is 16.4. The van der Waals surface area contributed by atoms with Crippen LogP contribution in [0.1, 0.15) is 28.6 Å². The first-order valence-electron chi connectivity index (χ1n) is 6.23. The molecule has 0 saturated heterocycles. The molecular weight excluding hydrogens is 242 g/mol. The number of carbonyl (C=O) groups is 1. The number of hydrogen-bond donors (Lipinski definition) is 1. The highest BCUT2D eigenvalue weighted by Gasteiger charge is 2.17. The third-order valence-corrected chi connectivity index (χ3v) is 3.15. The zero-order valence-corrected chi connectivity index (χ0v) is 11.1. The van der Waals surface area contributed by atoms with E-state index >= 15 is 0 Å². The number of aromatic carboxylic acids is 1. The van der Waals surface area contributed by atoms with Gasteiger partial charge < -0.3 is 14.4 Å². The summed E-state index contributed by atoms with van der Waals surface area (Å²) < 4.78 is 5.30. The van der Waals surface area contributed by atoms with Gasteiger partial charge in [0.25, 0.3) is 0 Å². The van der Waals surface area contributed by atoms with Gasteiger partial charge in [-0.25, -0.2) is 4.79 Å². The lowest BCUT2D eigenvalue weighted by Gasteiger charge is -2.24. The highest BCUT2D eigenvalue weighted by Crippen LogP contribution is 2.23. The molecule has 0 saturated carbocycles. The summed E-state index contributed by atoms with van der Waals surface area (Å²) in [5.74, 6) is -0.470. The van der Waals surface area contributed by atoms with Crippen LogP contribution in [-0.2, 0) is 6.54 Å². The maximum Gasteiger partial charge on any atom is 0.339 e. The van der Waals surface area contributed by atoms with E-state index in [9.17, 15) is 4.79 Å². The molecule has 4 nitrogen and oxygen atoms in total. The topological polar surface area (TPSA) is 53.7 Å². The number of benzene rings is 1. The molecule has 1 heterocycles. The van der Waals surface area contributed by atoms with Crippen molar-refractivity contribution in [3.8, 4) is 0 Å². The first-order valence-corrected chi connectivity index (χ1v) is 6.23. The number of furan rings is 1. The van der Waals surface area contributed by atoms with Gasteiger partial charge in [-0.05, 0) is 31.5 Å². The maximum atomic E-state index is 11.1. The van der Waals surface area contributed by atoms with E-state index in [0.717, 1.165) is 17.8 Å². The van der Waals surface area contributed by atoms with E-state index in [0.29, 0.717) is 12.3 Å². The Morgan fingerprint density at radius 3 is 2.68 bits per heavy atom. The Bertz CT molecular complexity index is 574. The number of carboxylic acids is 1. The molecule has 0 amide bonds. The van der Waals surface area contributed by atoms with Crippen LogP contribution in [-0.4, -0.2) is 17.6 Å². The predicted octanol–water partition coefficient (Wildman–Crippen LogP) is 3.31. The van der Waals surface area contributed by atoms with Crippen molar-refractivity contribution >= 4 is 11.7 Å². The Morgan fingerprint density at radius 1 is 1.32 bits per heavy atom. The van der Waals surface area contributed by atoms with Gasteiger partial charge in [-0.1, -0.05) is 18.2 Å². The van der Waals surface area contributed by atoms with E-state index in [1.807, 2.05) is 38.1 Å². The second-order valence-corrected chi connectivity index (χ2v) is 4.36. The van der Waals surface area contributed by atoms with Crippen LogP contribution < -0.4 is 4.90 Å². The Labute approximate surface area is 112 Å². The van der Waals surface area contributed by atoms with E-state index in [2.05, 4.69) is 4.90 Å². The van der Waals surface area contributed by atoms with Crippen LogP contribution >= 0.6 is 0 Å². The van der Waals surface area contributed by atoms with Crippen molar-refractivity contribution in [1.82, 2.24) is 0 Å². The van der Waals surface area contributed by atoms with E-state index < -0.39 is 5.97 Å². The lowest BCUT2D eigenvalue weighted by Crippen LogP contribution is -2.23. The Morgan fingerprint density at radius 2 is 2.05 bits per heavy atom. The normalized spacial score (nSPS) is 10.4. The van der Waals surface area contributed by atoms with Crippen LogP contribution in [0.5, 0.6) is 0 Å². The summed E-state index contributed by atoms with van der Waals surface area (Å²) in [6, 6.07) is 9.53. The lowest BCUT2D eigenvalue weighted by atomic mass is 10.1. The third kappa shape index (κ3) is 2.78. The summed E-state index contributed by atoms with van der Waals surface area (Å²) in [6.45, 7) is 5.31. The van der Waals surface area contributed by atoms with Crippen molar-refractivity contribution in [1.29, 1.82) is 0 Å². The molecule has 0 spiro atoms. The largest absolute Gasteiger partial charge is 0.478 e. The van der Waals surface area contributed by atoms with Crippen LogP contribution in [0.25, 0.3) is 0 Å². The molecule has 0 atom stereocenters. The summed E-state index contributed by atoms with van der Waals surface area (Å²) in [6.07, 6.45) is 1.42. The molecule has 2 rings (SSSR count). The molecule has 0 aliphatic rings. The molecule has 2 aromatic rings. The lowest BCUT2D eigenvalue weighted by molar-refractivity contribution is 0.0694.